The van der Waals surface area contributed by atoms with E-state index in [4.69, 9.17) is 0 Å². The van der Waals surface area contributed by atoms with Crippen LogP contribution < -0.4 is 5.43 Å². The molecule has 3 nitrogen and oxygen atoms in total. The number of ketones is 1. The fraction of sp³-hybridized carbons (Fsp3) is 0.0909. The highest BCUT2D eigenvalue weighted by molar-refractivity contribution is 6.05. The summed E-state index contributed by atoms with van der Waals surface area (Å²) in [6, 6.07) is 6.59. The number of nitrogens with one attached hydrogen (secondary N) is 1. The number of rotatable bonds is 1. The molecular weight excluding hydrogens is 178 g/mol. The van der Waals surface area contributed by atoms with Gasteiger partial charge in [-0.2, -0.15) is 0 Å². The smallest absolute Gasteiger partial charge is 0.189 e. The van der Waals surface area contributed by atoms with Crippen molar-refractivity contribution in [3.63, 3.8) is 0 Å². The number of Topliss-reactive ketones (excluding diaryl/α,β-unsaturated/α-hetero) is 1. The van der Waals surface area contributed by atoms with Crippen molar-refractivity contribution in [2.45, 2.75) is 6.92 Å². The molecule has 0 aliphatic rings. The lowest BCUT2D eigenvalue weighted by molar-refractivity contribution is 0.101. The fourth-order valence-electron chi connectivity index (χ4n) is 1.50. The molecular formula is C11H9NO2. The molecule has 70 valence electrons. The van der Waals surface area contributed by atoms with E-state index in [1.54, 1.807) is 24.4 Å². The Labute approximate surface area is 80.4 Å². The van der Waals surface area contributed by atoms with Gasteiger partial charge in [0.1, 0.15) is 0 Å². The molecule has 0 atom stereocenters. The predicted octanol–water partition coefficient (Wildman–Crippen LogP) is 1.73. The van der Waals surface area contributed by atoms with E-state index in [1.165, 1.54) is 13.0 Å². The standard InChI is InChI=1S/C11H9NO2/c1-7(13)8-3-2-4-9-10(14)5-6-12-11(8)9/h2-6H,1H3,(H,12,14). The number of aromatic amines is 1. The lowest BCUT2D eigenvalue weighted by atomic mass is 10.1. The molecule has 1 N–H and O–H groups in total. The average Bonchev–Trinajstić information content (AvgIpc) is 2.17. The van der Waals surface area contributed by atoms with E-state index in [0.717, 1.165) is 0 Å². The van der Waals surface area contributed by atoms with Gasteiger partial charge < -0.3 is 4.98 Å². The third-order valence-corrected chi connectivity index (χ3v) is 2.17. The van der Waals surface area contributed by atoms with Crippen molar-refractivity contribution in [2.24, 2.45) is 0 Å². The van der Waals surface area contributed by atoms with Gasteiger partial charge in [0.25, 0.3) is 0 Å². The molecule has 0 spiro atoms. The molecule has 0 bridgehead atoms. The minimum absolute atomic E-state index is 0.0440. The summed E-state index contributed by atoms with van der Waals surface area (Å²) in [5.74, 6) is -0.0440. The summed E-state index contributed by atoms with van der Waals surface area (Å²) in [7, 11) is 0. The molecule has 0 aliphatic carbocycles. The first-order chi connectivity index (χ1) is 6.70. The van der Waals surface area contributed by atoms with Crippen LogP contribution in [0, 0.1) is 0 Å². The minimum atomic E-state index is -0.0677. The highest BCUT2D eigenvalue weighted by atomic mass is 16.1. The van der Waals surface area contributed by atoms with Crippen molar-refractivity contribution in [3.05, 3.63) is 46.2 Å². The van der Waals surface area contributed by atoms with Gasteiger partial charge in [-0.1, -0.05) is 6.07 Å². The third kappa shape index (κ3) is 1.23. The zero-order chi connectivity index (χ0) is 10.1. The van der Waals surface area contributed by atoms with E-state index >= 15 is 0 Å². The van der Waals surface area contributed by atoms with Crippen LogP contribution in [-0.4, -0.2) is 10.8 Å². The maximum Gasteiger partial charge on any atom is 0.189 e. The maximum atomic E-state index is 11.4. The Bertz CT molecular complexity index is 554. The summed E-state index contributed by atoms with van der Waals surface area (Å²) >= 11 is 0. The number of pyridine rings is 1. The Balaban J connectivity index is 2.95. The third-order valence-electron chi connectivity index (χ3n) is 2.17. The van der Waals surface area contributed by atoms with E-state index < -0.39 is 0 Å². The van der Waals surface area contributed by atoms with Crippen molar-refractivity contribution in [1.29, 1.82) is 0 Å². The second-order valence-corrected chi connectivity index (χ2v) is 3.13. The lowest BCUT2D eigenvalue weighted by Crippen LogP contribution is -2.03. The van der Waals surface area contributed by atoms with E-state index in [1.807, 2.05) is 0 Å². The van der Waals surface area contributed by atoms with E-state index in [9.17, 15) is 9.59 Å². The van der Waals surface area contributed by atoms with Crippen LogP contribution in [0.15, 0.2) is 35.3 Å². The first-order valence-electron chi connectivity index (χ1n) is 4.31. The zero-order valence-corrected chi connectivity index (χ0v) is 7.70. The Morgan fingerprint density at radius 3 is 2.79 bits per heavy atom. The average molecular weight is 187 g/mol. The molecule has 0 fully saturated rings. The van der Waals surface area contributed by atoms with Crippen LogP contribution in [0.2, 0.25) is 0 Å². The number of carbonyl (C=O) groups is 1. The molecule has 0 saturated heterocycles. The van der Waals surface area contributed by atoms with Crippen LogP contribution in [0.4, 0.5) is 0 Å². The van der Waals surface area contributed by atoms with Gasteiger partial charge >= 0.3 is 0 Å². The second kappa shape index (κ2) is 3.10. The number of carbonyl (C=O) groups excluding carboxylic acids is 1. The number of hydrogen-bond donors (Lipinski definition) is 1. The molecule has 2 aromatic rings. The van der Waals surface area contributed by atoms with Gasteiger partial charge in [0.05, 0.1) is 5.52 Å². The van der Waals surface area contributed by atoms with Gasteiger partial charge in [-0.15, -0.1) is 0 Å². The molecule has 1 aromatic carbocycles. The number of H-pyrrole nitrogens is 1. The highest BCUT2D eigenvalue weighted by Gasteiger charge is 2.06. The summed E-state index contributed by atoms with van der Waals surface area (Å²) in [4.78, 5) is 25.6. The predicted molar refractivity (Wildman–Crippen MR) is 54.6 cm³/mol. The van der Waals surface area contributed by atoms with E-state index in [2.05, 4.69) is 4.98 Å². The summed E-state index contributed by atoms with van der Waals surface area (Å²) in [6.45, 7) is 1.49. The number of aromatic nitrogens is 1. The van der Waals surface area contributed by atoms with Crippen LogP contribution in [0.3, 0.4) is 0 Å². The van der Waals surface area contributed by atoms with Crippen molar-refractivity contribution in [3.8, 4) is 0 Å². The van der Waals surface area contributed by atoms with Gasteiger partial charge in [-0.05, 0) is 19.1 Å². The van der Waals surface area contributed by atoms with Crippen molar-refractivity contribution in [1.82, 2.24) is 4.98 Å². The molecule has 0 radical (unpaired) electrons. The molecule has 14 heavy (non-hydrogen) atoms. The van der Waals surface area contributed by atoms with E-state index in [0.29, 0.717) is 16.5 Å². The normalized spacial score (nSPS) is 10.4. The minimum Gasteiger partial charge on any atom is -0.360 e. The van der Waals surface area contributed by atoms with Crippen LogP contribution in [0.25, 0.3) is 10.9 Å². The van der Waals surface area contributed by atoms with Crippen LogP contribution >= 0.6 is 0 Å². The van der Waals surface area contributed by atoms with Gasteiger partial charge in [0.2, 0.25) is 0 Å². The molecule has 0 amide bonds. The van der Waals surface area contributed by atoms with Crippen molar-refractivity contribution in [2.75, 3.05) is 0 Å². The number of para-hydroxylation sites is 1. The first kappa shape index (κ1) is 8.69. The maximum absolute atomic E-state index is 11.4. The summed E-state index contributed by atoms with van der Waals surface area (Å²) in [5.41, 5.74) is 1.11. The quantitative estimate of drug-likeness (QED) is 0.691. The molecule has 1 aromatic heterocycles. The first-order valence-corrected chi connectivity index (χ1v) is 4.31. The summed E-state index contributed by atoms with van der Waals surface area (Å²) in [6.07, 6.45) is 1.55. The van der Waals surface area contributed by atoms with Gasteiger partial charge in [-0.25, -0.2) is 0 Å². The largest absolute Gasteiger partial charge is 0.360 e. The fourth-order valence-corrected chi connectivity index (χ4v) is 1.50. The molecule has 0 unspecified atom stereocenters. The Morgan fingerprint density at radius 1 is 1.29 bits per heavy atom. The highest BCUT2D eigenvalue weighted by Crippen LogP contribution is 2.12. The van der Waals surface area contributed by atoms with E-state index in [-0.39, 0.29) is 11.2 Å². The lowest BCUT2D eigenvalue weighted by Gasteiger charge is -2.01. The zero-order valence-electron chi connectivity index (χ0n) is 7.70. The van der Waals surface area contributed by atoms with Gasteiger partial charge in [0, 0.05) is 23.2 Å². The van der Waals surface area contributed by atoms with Gasteiger partial charge in [0.15, 0.2) is 11.2 Å². The molecule has 2 rings (SSSR count). The van der Waals surface area contributed by atoms with Gasteiger partial charge in [-0.3, -0.25) is 9.59 Å². The summed E-state index contributed by atoms with van der Waals surface area (Å²) in [5, 5.41) is 0.556. The number of hydrogen-bond acceptors (Lipinski definition) is 2. The Kier molecular flexibility index (Phi) is 1.93. The molecule has 1 heterocycles. The summed E-state index contributed by atoms with van der Waals surface area (Å²) < 4.78 is 0. The monoisotopic (exact) mass is 187 g/mol. The topological polar surface area (TPSA) is 49.9 Å². The molecule has 0 aliphatic heterocycles. The second-order valence-electron chi connectivity index (χ2n) is 3.13. The van der Waals surface area contributed by atoms with Crippen molar-refractivity contribution >= 4 is 16.7 Å². The SMILES string of the molecule is CC(=O)c1cccc2c(=O)cc[nH]c12. The molecule has 3 heteroatoms. The Morgan fingerprint density at radius 2 is 2.07 bits per heavy atom. The van der Waals surface area contributed by atoms with Crippen molar-refractivity contribution < 1.29 is 4.79 Å². The Hall–Kier alpha value is -1.90. The van der Waals surface area contributed by atoms with Crippen LogP contribution in [0.1, 0.15) is 17.3 Å². The van der Waals surface area contributed by atoms with Crippen LogP contribution in [0.5, 0.6) is 0 Å². The number of benzene rings is 1. The van der Waals surface area contributed by atoms with Crippen LogP contribution in [-0.2, 0) is 0 Å². The number of fused-ring (bicyclic) bond motifs is 1. The molecule has 0 saturated carbocycles.